The molecular formula is C14H21ClN4OS2. The van der Waals surface area contributed by atoms with Crippen LogP contribution in [0.1, 0.15) is 18.9 Å². The highest BCUT2D eigenvalue weighted by atomic mass is 35.5. The second-order valence-corrected chi connectivity index (χ2v) is 5.70. The third kappa shape index (κ3) is 7.74. The van der Waals surface area contributed by atoms with E-state index in [9.17, 15) is 0 Å². The van der Waals surface area contributed by atoms with Crippen molar-refractivity contribution in [2.45, 2.75) is 20.3 Å². The van der Waals surface area contributed by atoms with E-state index in [0.717, 1.165) is 30.8 Å². The lowest BCUT2D eigenvalue weighted by atomic mass is 10.2. The molecule has 122 valence electrons. The van der Waals surface area contributed by atoms with E-state index >= 15 is 0 Å². The van der Waals surface area contributed by atoms with Crippen molar-refractivity contribution in [3.05, 3.63) is 28.8 Å². The summed E-state index contributed by atoms with van der Waals surface area (Å²) >= 11 is 16.3. The normalized spacial score (nSPS) is 9.95. The van der Waals surface area contributed by atoms with Crippen LogP contribution < -0.4 is 21.5 Å². The van der Waals surface area contributed by atoms with E-state index in [0.29, 0.717) is 21.9 Å². The van der Waals surface area contributed by atoms with Crippen LogP contribution in [0.15, 0.2) is 18.2 Å². The van der Waals surface area contributed by atoms with Crippen molar-refractivity contribution in [3.8, 4) is 0 Å². The van der Waals surface area contributed by atoms with Crippen LogP contribution in [-0.4, -0.2) is 30.0 Å². The second kappa shape index (κ2) is 10.6. The fourth-order valence-corrected chi connectivity index (χ4v) is 2.01. The van der Waals surface area contributed by atoms with Gasteiger partial charge in [0.1, 0.15) is 0 Å². The third-order valence-corrected chi connectivity index (χ3v) is 3.53. The highest BCUT2D eigenvalue weighted by Crippen LogP contribution is 2.19. The molecule has 0 aromatic heterocycles. The summed E-state index contributed by atoms with van der Waals surface area (Å²) in [5, 5.41) is 7.63. The Balaban J connectivity index is 2.22. The van der Waals surface area contributed by atoms with E-state index in [4.69, 9.17) is 40.8 Å². The molecule has 0 unspecified atom stereocenters. The van der Waals surface area contributed by atoms with Gasteiger partial charge in [-0.25, -0.2) is 0 Å². The molecule has 0 spiro atoms. The molecule has 0 atom stereocenters. The molecule has 0 aliphatic rings. The molecule has 0 heterocycles. The average Bonchev–Trinajstić information content (AvgIpc) is 2.49. The molecule has 0 bridgehead atoms. The largest absolute Gasteiger partial charge is 0.382 e. The SMILES string of the molecule is CCOCCCNC(=S)NNC(=S)Nc1ccc(C)c(Cl)c1. The summed E-state index contributed by atoms with van der Waals surface area (Å²) in [6, 6.07) is 5.64. The number of aryl methyl sites for hydroxylation is 1. The van der Waals surface area contributed by atoms with Crippen LogP contribution >= 0.6 is 36.0 Å². The number of rotatable bonds is 6. The van der Waals surface area contributed by atoms with Gasteiger partial charge in [0.25, 0.3) is 0 Å². The first-order valence-electron chi connectivity index (χ1n) is 6.97. The van der Waals surface area contributed by atoms with E-state index in [-0.39, 0.29) is 0 Å². The van der Waals surface area contributed by atoms with Gasteiger partial charge in [-0.15, -0.1) is 0 Å². The lowest BCUT2D eigenvalue weighted by molar-refractivity contribution is 0.145. The maximum Gasteiger partial charge on any atom is 0.189 e. The molecule has 22 heavy (non-hydrogen) atoms. The van der Waals surface area contributed by atoms with Crippen LogP contribution in [0.3, 0.4) is 0 Å². The summed E-state index contributed by atoms with van der Waals surface area (Å²) in [6.07, 6.45) is 0.889. The second-order valence-electron chi connectivity index (χ2n) is 4.47. The van der Waals surface area contributed by atoms with Crippen molar-refractivity contribution >= 4 is 51.9 Å². The lowest BCUT2D eigenvalue weighted by Gasteiger charge is -2.14. The van der Waals surface area contributed by atoms with Crippen LogP contribution in [0.4, 0.5) is 5.69 Å². The molecule has 0 saturated carbocycles. The average molecular weight is 361 g/mol. The van der Waals surface area contributed by atoms with E-state index in [1.807, 2.05) is 32.0 Å². The first-order valence-corrected chi connectivity index (χ1v) is 8.17. The zero-order valence-corrected chi connectivity index (χ0v) is 15.1. The summed E-state index contributed by atoms with van der Waals surface area (Å²) in [5.41, 5.74) is 7.45. The molecule has 8 heteroatoms. The molecule has 1 aromatic rings. The predicted molar refractivity (Wildman–Crippen MR) is 100 cm³/mol. The summed E-state index contributed by atoms with van der Waals surface area (Å²) in [4.78, 5) is 0. The van der Waals surface area contributed by atoms with Crippen molar-refractivity contribution in [1.82, 2.24) is 16.2 Å². The minimum absolute atomic E-state index is 0.401. The van der Waals surface area contributed by atoms with Crippen LogP contribution in [0.5, 0.6) is 0 Å². The monoisotopic (exact) mass is 360 g/mol. The number of thiocarbonyl (C=S) groups is 2. The molecule has 5 nitrogen and oxygen atoms in total. The summed E-state index contributed by atoms with van der Waals surface area (Å²) in [7, 11) is 0. The Labute approximate surface area is 147 Å². The molecule has 0 fully saturated rings. The zero-order valence-electron chi connectivity index (χ0n) is 12.7. The van der Waals surface area contributed by atoms with Gasteiger partial charge in [-0.1, -0.05) is 17.7 Å². The van der Waals surface area contributed by atoms with E-state index in [1.165, 1.54) is 0 Å². The molecule has 0 radical (unpaired) electrons. The number of benzene rings is 1. The fourth-order valence-electron chi connectivity index (χ4n) is 1.51. The first kappa shape index (κ1) is 18.9. The van der Waals surface area contributed by atoms with Crippen LogP contribution in [0.25, 0.3) is 0 Å². The van der Waals surface area contributed by atoms with Gasteiger partial charge in [-0.2, -0.15) is 0 Å². The van der Waals surface area contributed by atoms with Crippen molar-refractivity contribution in [2.24, 2.45) is 0 Å². The summed E-state index contributed by atoms with van der Waals surface area (Å²) in [5.74, 6) is 0. The van der Waals surface area contributed by atoms with Crippen molar-refractivity contribution < 1.29 is 4.74 Å². The van der Waals surface area contributed by atoms with E-state index in [1.54, 1.807) is 0 Å². The Hall–Kier alpha value is -1.15. The molecule has 0 amide bonds. The van der Waals surface area contributed by atoms with Gasteiger partial charge < -0.3 is 15.4 Å². The van der Waals surface area contributed by atoms with E-state index in [2.05, 4.69) is 21.5 Å². The molecule has 0 saturated heterocycles. The smallest absolute Gasteiger partial charge is 0.189 e. The molecule has 1 rings (SSSR count). The van der Waals surface area contributed by atoms with E-state index < -0.39 is 0 Å². The quantitative estimate of drug-likeness (QED) is 0.353. The zero-order chi connectivity index (χ0) is 16.4. The Morgan fingerprint density at radius 1 is 1.23 bits per heavy atom. The van der Waals surface area contributed by atoms with Gasteiger partial charge in [0, 0.05) is 30.5 Å². The predicted octanol–water partition coefficient (Wildman–Crippen LogP) is 2.74. The molecule has 0 aliphatic carbocycles. The van der Waals surface area contributed by atoms with Crippen LogP contribution in [0, 0.1) is 6.92 Å². The molecule has 1 aromatic carbocycles. The Kier molecular flexibility index (Phi) is 9.07. The Morgan fingerprint density at radius 2 is 1.95 bits per heavy atom. The van der Waals surface area contributed by atoms with Crippen LogP contribution in [0.2, 0.25) is 5.02 Å². The lowest BCUT2D eigenvalue weighted by Crippen LogP contribution is -2.48. The minimum Gasteiger partial charge on any atom is -0.382 e. The number of hydrazine groups is 1. The summed E-state index contributed by atoms with van der Waals surface area (Å²) in [6.45, 7) is 6.10. The van der Waals surface area contributed by atoms with Crippen molar-refractivity contribution in [3.63, 3.8) is 0 Å². The maximum atomic E-state index is 6.06. The van der Waals surface area contributed by atoms with Crippen LogP contribution in [-0.2, 0) is 4.74 Å². The molecular weight excluding hydrogens is 340 g/mol. The Bertz CT molecular complexity index is 514. The standard InChI is InChI=1S/C14H21ClN4OS2/c1-3-20-8-4-7-16-13(21)18-19-14(22)17-11-6-5-10(2)12(15)9-11/h5-6,9H,3-4,7-8H2,1-2H3,(H2,16,18,21)(H2,17,19,22). The number of halogens is 1. The van der Waals surface area contributed by atoms with Gasteiger partial charge in [0.2, 0.25) is 0 Å². The number of ether oxygens (including phenoxy) is 1. The first-order chi connectivity index (χ1) is 10.5. The number of hydrogen-bond donors (Lipinski definition) is 4. The highest BCUT2D eigenvalue weighted by Gasteiger charge is 2.01. The molecule has 4 N–H and O–H groups in total. The number of anilines is 1. The Morgan fingerprint density at radius 3 is 2.64 bits per heavy atom. The minimum atomic E-state index is 0.401. The van der Waals surface area contributed by atoms with Gasteiger partial charge >= 0.3 is 0 Å². The van der Waals surface area contributed by atoms with Gasteiger partial charge in [-0.05, 0) is 62.4 Å². The van der Waals surface area contributed by atoms with Gasteiger partial charge in [0.05, 0.1) is 0 Å². The fraction of sp³-hybridized carbons (Fsp3) is 0.429. The maximum absolute atomic E-state index is 6.06. The molecule has 0 aliphatic heterocycles. The topological polar surface area (TPSA) is 57.4 Å². The van der Waals surface area contributed by atoms with Crippen molar-refractivity contribution in [2.75, 3.05) is 25.1 Å². The number of hydrogen-bond acceptors (Lipinski definition) is 3. The van der Waals surface area contributed by atoms with Crippen molar-refractivity contribution in [1.29, 1.82) is 0 Å². The highest BCUT2D eigenvalue weighted by molar-refractivity contribution is 7.80. The summed E-state index contributed by atoms with van der Waals surface area (Å²) < 4.78 is 5.24. The number of nitrogens with one attached hydrogen (secondary N) is 4. The van der Waals surface area contributed by atoms with Gasteiger partial charge in [0.15, 0.2) is 10.2 Å². The third-order valence-electron chi connectivity index (χ3n) is 2.67. The van der Waals surface area contributed by atoms with Gasteiger partial charge in [-0.3, -0.25) is 10.9 Å².